The van der Waals surface area contributed by atoms with Gasteiger partial charge in [-0.15, -0.1) is 0 Å². The Morgan fingerprint density at radius 3 is 2.24 bits per heavy atom. The molecule has 1 N–H and O–H groups in total. The molecule has 0 saturated carbocycles. The van der Waals surface area contributed by atoms with Crippen molar-refractivity contribution in [3.63, 3.8) is 0 Å². The molecule has 25 heavy (non-hydrogen) atoms. The number of nitrogens with zero attached hydrogens (tertiary/aromatic N) is 3. The lowest BCUT2D eigenvalue weighted by atomic mass is 10.2. The molecule has 0 bridgehead atoms. The smallest absolute Gasteiger partial charge is 0.248 e. The van der Waals surface area contributed by atoms with E-state index in [4.69, 9.17) is 4.52 Å². The molecule has 0 radical (unpaired) electrons. The summed E-state index contributed by atoms with van der Waals surface area (Å²) in [5.74, 6) is -0.237. The zero-order valence-corrected chi connectivity index (χ0v) is 15.7. The van der Waals surface area contributed by atoms with E-state index in [9.17, 15) is 13.2 Å². The van der Waals surface area contributed by atoms with Crippen molar-refractivity contribution in [2.24, 2.45) is 0 Å². The van der Waals surface area contributed by atoms with E-state index in [0.717, 1.165) is 9.99 Å². The second-order valence-corrected chi connectivity index (χ2v) is 7.89. The average molecular weight is 366 g/mol. The lowest BCUT2D eigenvalue weighted by Crippen LogP contribution is -2.35. The van der Waals surface area contributed by atoms with Gasteiger partial charge in [0, 0.05) is 32.5 Å². The number of rotatable bonds is 6. The van der Waals surface area contributed by atoms with Crippen LogP contribution in [-0.4, -0.2) is 51.5 Å². The largest absolute Gasteiger partial charge is 0.378 e. The summed E-state index contributed by atoms with van der Waals surface area (Å²) in [5, 5.41) is 6.33. The normalized spacial score (nSPS) is 11.6. The summed E-state index contributed by atoms with van der Waals surface area (Å²) in [6.07, 6.45) is 0. The molecule has 0 unspecified atom stereocenters. The highest BCUT2D eigenvalue weighted by Crippen LogP contribution is 2.22. The van der Waals surface area contributed by atoms with E-state index in [1.807, 2.05) is 31.1 Å². The molecule has 9 heteroatoms. The minimum absolute atomic E-state index is 0.00173. The second kappa shape index (κ2) is 7.24. The Bertz CT molecular complexity index is 837. The lowest BCUT2D eigenvalue weighted by Gasteiger charge is -2.17. The number of benzene rings is 1. The molecular weight excluding hydrogens is 344 g/mol. The zero-order valence-electron chi connectivity index (χ0n) is 14.9. The van der Waals surface area contributed by atoms with Gasteiger partial charge < -0.3 is 14.7 Å². The molecule has 0 aliphatic heterocycles. The van der Waals surface area contributed by atoms with E-state index in [-0.39, 0.29) is 22.9 Å². The lowest BCUT2D eigenvalue weighted by molar-refractivity contribution is -0.116. The van der Waals surface area contributed by atoms with E-state index >= 15 is 0 Å². The van der Waals surface area contributed by atoms with E-state index in [0.29, 0.717) is 5.69 Å². The van der Waals surface area contributed by atoms with Crippen molar-refractivity contribution in [3.8, 4) is 0 Å². The molecule has 1 aromatic heterocycles. The summed E-state index contributed by atoms with van der Waals surface area (Å²) in [6.45, 7) is 2.75. The van der Waals surface area contributed by atoms with Gasteiger partial charge in [-0.3, -0.25) is 4.79 Å². The van der Waals surface area contributed by atoms with Crippen LogP contribution in [0.3, 0.4) is 0 Å². The third kappa shape index (κ3) is 4.18. The number of aromatic nitrogens is 1. The van der Waals surface area contributed by atoms with Gasteiger partial charge in [0.1, 0.15) is 10.6 Å². The minimum Gasteiger partial charge on any atom is -0.378 e. The van der Waals surface area contributed by atoms with Crippen LogP contribution in [0.5, 0.6) is 0 Å². The molecule has 0 saturated heterocycles. The maximum atomic E-state index is 12.6. The van der Waals surface area contributed by atoms with Crippen LogP contribution < -0.4 is 10.2 Å². The molecule has 136 valence electrons. The third-order valence-electron chi connectivity index (χ3n) is 3.67. The van der Waals surface area contributed by atoms with Crippen LogP contribution in [0.4, 0.5) is 11.4 Å². The molecule has 8 nitrogen and oxygen atoms in total. The van der Waals surface area contributed by atoms with Gasteiger partial charge in [-0.2, -0.15) is 4.31 Å². The average Bonchev–Trinajstić information content (AvgIpc) is 2.87. The van der Waals surface area contributed by atoms with E-state index in [2.05, 4.69) is 10.5 Å². The van der Waals surface area contributed by atoms with Crippen LogP contribution in [0.25, 0.3) is 0 Å². The van der Waals surface area contributed by atoms with Gasteiger partial charge in [0.15, 0.2) is 5.76 Å². The van der Waals surface area contributed by atoms with Gasteiger partial charge in [0.2, 0.25) is 15.9 Å². The Balaban J connectivity index is 2.07. The highest BCUT2D eigenvalue weighted by Gasteiger charge is 2.29. The van der Waals surface area contributed by atoms with Crippen molar-refractivity contribution in [2.75, 3.05) is 37.9 Å². The quantitative estimate of drug-likeness (QED) is 0.835. The van der Waals surface area contributed by atoms with Crippen molar-refractivity contribution in [1.82, 2.24) is 9.46 Å². The topological polar surface area (TPSA) is 95.8 Å². The molecule has 1 amide bonds. The number of carbonyl (C=O) groups excluding carboxylic acids is 1. The first-order valence-corrected chi connectivity index (χ1v) is 9.03. The molecule has 0 fully saturated rings. The van der Waals surface area contributed by atoms with Crippen LogP contribution in [0.15, 0.2) is 33.7 Å². The third-order valence-corrected chi connectivity index (χ3v) is 5.72. The van der Waals surface area contributed by atoms with E-state index in [1.165, 1.54) is 14.0 Å². The highest BCUT2D eigenvalue weighted by atomic mass is 32.2. The number of carbonyl (C=O) groups is 1. The standard InChI is InChI=1S/C16H22N4O4S/c1-11-16(12(2)24-18-11)25(22,23)20(5)10-15(21)17-13-6-8-14(9-7-13)19(3)4/h6-9H,10H2,1-5H3,(H,17,21). The molecule has 2 rings (SSSR count). The van der Waals surface area contributed by atoms with Gasteiger partial charge >= 0.3 is 0 Å². The maximum Gasteiger partial charge on any atom is 0.248 e. The number of hydrogen-bond acceptors (Lipinski definition) is 6. The minimum atomic E-state index is -3.85. The van der Waals surface area contributed by atoms with Crippen molar-refractivity contribution >= 4 is 27.3 Å². The fourth-order valence-corrected chi connectivity index (χ4v) is 3.74. The Kier molecular flexibility index (Phi) is 5.48. The molecule has 2 aromatic rings. The predicted molar refractivity (Wildman–Crippen MR) is 95.2 cm³/mol. The number of nitrogens with one attached hydrogen (secondary N) is 1. The summed E-state index contributed by atoms with van der Waals surface area (Å²) in [6, 6.07) is 7.24. The van der Waals surface area contributed by atoms with E-state index in [1.54, 1.807) is 19.1 Å². The van der Waals surface area contributed by atoms with E-state index < -0.39 is 15.9 Å². The van der Waals surface area contributed by atoms with Crippen LogP contribution >= 0.6 is 0 Å². The number of anilines is 2. The zero-order chi connectivity index (χ0) is 18.8. The van der Waals surface area contributed by atoms with Crippen LogP contribution in [-0.2, 0) is 14.8 Å². The molecule has 0 aliphatic rings. The number of hydrogen-bond donors (Lipinski definition) is 1. The first-order chi connectivity index (χ1) is 11.6. The number of likely N-dealkylation sites (N-methyl/N-ethyl adjacent to an activating group) is 1. The van der Waals surface area contributed by atoms with Crippen LogP contribution in [0.2, 0.25) is 0 Å². The molecule has 0 aliphatic carbocycles. The summed E-state index contributed by atoms with van der Waals surface area (Å²) in [5.41, 5.74) is 1.86. The molecular formula is C16H22N4O4S. The number of amides is 1. The SMILES string of the molecule is Cc1noc(C)c1S(=O)(=O)N(C)CC(=O)Nc1ccc(N(C)C)cc1. The first kappa shape index (κ1) is 18.9. The van der Waals surface area contributed by atoms with Gasteiger partial charge in [-0.1, -0.05) is 5.16 Å². The summed E-state index contributed by atoms with van der Waals surface area (Å²) in [4.78, 5) is 14.1. The Morgan fingerprint density at radius 1 is 1.16 bits per heavy atom. The Morgan fingerprint density at radius 2 is 1.76 bits per heavy atom. The van der Waals surface area contributed by atoms with Crippen molar-refractivity contribution < 1.29 is 17.7 Å². The van der Waals surface area contributed by atoms with Crippen LogP contribution in [0.1, 0.15) is 11.5 Å². The summed E-state index contributed by atoms with van der Waals surface area (Å²) in [7, 11) is 1.33. The number of aryl methyl sites for hydroxylation is 2. The molecule has 0 spiro atoms. The van der Waals surface area contributed by atoms with Crippen molar-refractivity contribution in [1.29, 1.82) is 0 Å². The van der Waals surface area contributed by atoms with Gasteiger partial charge in [0.05, 0.1) is 6.54 Å². The van der Waals surface area contributed by atoms with Gasteiger partial charge in [0.25, 0.3) is 0 Å². The highest BCUT2D eigenvalue weighted by molar-refractivity contribution is 7.89. The van der Waals surface area contributed by atoms with Crippen molar-refractivity contribution in [2.45, 2.75) is 18.7 Å². The molecule has 1 heterocycles. The van der Waals surface area contributed by atoms with Gasteiger partial charge in [-0.05, 0) is 38.1 Å². The number of sulfonamides is 1. The molecule has 0 atom stereocenters. The van der Waals surface area contributed by atoms with Crippen molar-refractivity contribution in [3.05, 3.63) is 35.7 Å². The predicted octanol–water partition coefficient (Wildman–Crippen LogP) is 1.62. The maximum absolute atomic E-state index is 12.6. The Labute approximate surface area is 147 Å². The van der Waals surface area contributed by atoms with Gasteiger partial charge in [-0.25, -0.2) is 8.42 Å². The fraction of sp³-hybridized carbons (Fsp3) is 0.375. The summed E-state index contributed by atoms with van der Waals surface area (Å²) >= 11 is 0. The van der Waals surface area contributed by atoms with Crippen LogP contribution in [0, 0.1) is 13.8 Å². The second-order valence-electron chi connectivity index (χ2n) is 5.90. The Hall–Kier alpha value is -2.39. The monoisotopic (exact) mass is 366 g/mol. The summed E-state index contributed by atoms with van der Waals surface area (Å²) < 4.78 is 31.0. The fourth-order valence-electron chi connectivity index (χ4n) is 2.33. The molecule has 1 aromatic carbocycles. The first-order valence-electron chi connectivity index (χ1n) is 7.59.